The lowest BCUT2D eigenvalue weighted by atomic mass is 10.1. The van der Waals surface area contributed by atoms with Gasteiger partial charge in [-0.2, -0.15) is 0 Å². The summed E-state index contributed by atoms with van der Waals surface area (Å²) in [6, 6.07) is 12.7. The summed E-state index contributed by atoms with van der Waals surface area (Å²) in [5, 5.41) is 2.90. The Morgan fingerprint density at radius 3 is 2.45 bits per heavy atom. The van der Waals surface area contributed by atoms with Crippen molar-refractivity contribution in [2.45, 2.75) is 30.4 Å². The summed E-state index contributed by atoms with van der Waals surface area (Å²) in [4.78, 5) is 17.5. The van der Waals surface area contributed by atoms with Crippen molar-refractivity contribution in [3.05, 3.63) is 64.2 Å². The van der Waals surface area contributed by atoms with E-state index in [1.54, 1.807) is 0 Å². The van der Waals surface area contributed by atoms with E-state index < -0.39 is 31.2 Å². The molecule has 1 heterocycles. The van der Waals surface area contributed by atoms with E-state index in [9.17, 15) is 17.6 Å². The van der Waals surface area contributed by atoms with E-state index in [-0.39, 0.29) is 10.2 Å². The standard InChI is InChI=1S/C20H18ClFN2O3S2/c1-12-17(13-7-5-4-6-8-13)23-19(28-12)24-18(25)20(2,3)29(26,27)16-10-9-14(21)11-15(16)22/h4-11H,1-3H3,(H,23,24,25). The van der Waals surface area contributed by atoms with Crippen molar-refractivity contribution >= 4 is 43.8 Å². The van der Waals surface area contributed by atoms with E-state index in [2.05, 4.69) is 10.3 Å². The van der Waals surface area contributed by atoms with Gasteiger partial charge in [-0.3, -0.25) is 4.79 Å². The zero-order valence-corrected chi connectivity index (χ0v) is 18.3. The van der Waals surface area contributed by atoms with Crippen LogP contribution in [0.4, 0.5) is 9.52 Å². The van der Waals surface area contributed by atoms with Crippen LogP contribution in [-0.4, -0.2) is 24.1 Å². The normalized spacial score (nSPS) is 12.0. The molecule has 0 fully saturated rings. The van der Waals surface area contributed by atoms with Crippen LogP contribution in [0.25, 0.3) is 11.3 Å². The molecule has 1 amide bonds. The predicted molar refractivity (Wildman–Crippen MR) is 114 cm³/mol. The fraction of sp³-hybridized carbons (Fsp3) is 0.200. The summed E-state index contributed by atoms with van der Waals surface area (Å²) < 4.78 is 38.2. The maximum atomic E-state index is 14.2. The average molecular weight is 453 g/mol. The highest BCUT2D eigenvalue weighted by atomic mass is 35.5. The highest BCUT2D eigenvalue weighted by Gasteiger charge is 2.44. The van der Waals surface area contributed by atoms with Crippen molar-refractivity contribution in [3.63, 3.8) is 0 Å². The number of aryl methyl sites for hydroxylation is 1. The number of nitrogens with one attached hydrogen (secondary N) is 1. The zero-order valence-electron chi connectivity index (χ0n) is 15.9. The van der Waals surface area contributed by atoms with Gasteiger partial charge in [-0.15, -0.1) is 11.3 Å². The summed E-state index contributed by atoms with van der Waals surface area (Å²) in [7, 11) is -4.33. The van der Waals surface area contributed by atoms with Gasteiger partial charge in [0, 0.05) is 15.5 Å². The Hall–Kier alpha value is -2.29. The first-order chi connectivity index (χ1) is 13.5. The second kappa shape index (κ2) is 7.85. The van der Waals surface area contributed by atoms with Crippen molar-refractivity contribution in [3.8, 4) is 11.3 Å². The molecule has 0 saturated heterocycles. The van der Waals surface area contributed by atoms with Crippen LogP contribution >= 0.6 is 22.9 Å². The summed E-state index contributed by atoms with van der Waals surface area (Å²) in [5.74, 6) is -1.81. The van der Waals surface area contributed by atoms with Gasteiger partial charge in [0.15, 0.2) is 15.0 Å². The van der Waals surface area contributed by atoms with Crippen LogP contribution < -0.4 is 5.32 Å². The van der Waals surface area contributed by atoms with Gasteiger partial charge in [0.05, 0.1) is 5.69 Å². The fourth-order valence-corrected chi connectivity index (χ4v) is 5.05. The van der Waals surface area contributed by atoms with Crippen molar-refractivity contribution < 1.29 is 17.6 Å². The predicted octanol–water partition coefficient (Wildman–Crippen LogP) is 5.10. The Labute approximate surface area is 177 Å². The number of halogens is 2. The lowest BCUT2D eigenvalue weighted by Crippen LogP contribution is -2.44. The van der Waals surface area contributed by atoms with E-state index in [1.807, 2.05) is 37.3 Å². The Bertz CT molecular complexity index is 1180. The van der Waals surface area contributed by atoms with E-state index in [0.29, 0.717) is 5.69 Å². The lowest BCUT2D eigenvalue weighted by Gasteiger charge is -2.23. The van der Waals surface area contributed by atoms with Crippen molar-refractivity contribution in [2.24, 2.45) is 0 Å². The number of nitrogens with zero attached hydrogens (tertiary/aromatic N) is 1. The topological polar surface area (TPSA) is 76.1 Å². The molecule has 3 aromatic rings. The molecule has 1 N–H and O–H groups in total. The maximum Gasteiger partial charge on any atom is 0.247 e. The fourth-order valence-electron chi connectivity index (χ4n) is 2.65. The number of anilines is 1. The summed E-state index contributed by atoms with van der Waals surface area (Å²) in [6.45, 7) is 4.31. The Kier molecular flexibility index (Phi) is 5.80. The third-order valence-electron chi connectivity index (χ3n) is 4.47. The molecule has 29 heavy (non-hydrogen) atoms. The van der Waals surface area contributed by atoms with Gasteiger partial charge < -0.3 is 5.32 Å². The number of benzene rings is 2. The SMILES string of the molecule is Cc1sc(NC(=O)C(C)(C)S(=O)(=O)c2ccc(Cl)cc2F)nc1-c1ccccc1. The van der Waals surface area contributed by atoms with Gasteiger partial charge >= 0.3 is 0 Å². The minimum atomic E-state index is -4.33. The Morgan fingerprint density at radius 1 is 1.17 bits per heavy atom. The molecule has 9 heteroatoms. The molecule has 0 bridgehead atoms. The van der Waals surface area contributed by atoms with Gasteiger partial charge in [0.25, 0.3) is 0 Å². The first kappa shape index (κ1) is 21.4. The van der Waals surface area contributed by atoms with Crippen molar-refractivity contribution in [1.82, 2.24) is 4.98 Å². The Morgan fingerprint density at radius 2 is 1.83 bits per heavy atom. The number of rotatable bonds is 5. The van der Waals surface area contributed by atoms with Crippen molar-refractivity contribution in [2.75, 3.05) is 5.32 Å². The van der Waals surface area contributed by atoms with Crippen LogP contribution in [0.2, 0.25) is 5.02 Å². The second-order valence-electron chi connectivity index (χ2n) is 6.83. The highest BCUT2D eigenvalue weighted by molar-refractivity contribution is 7.93. The van der Waals surface area contributed by atoms with Crippen LogP contribution in [0.5, 0.6) is 0 Å². The van der Waals surface area contributed by atoms with E-state index in [4.69, 9.17) is 11.6 Å². The summed E-state index contributed by atoms with van der Waals surface area (Å²) >= 11 is 6.93. The van der Waals surface area contributed by atoms with Gasteiger partial charge in [-0.25, -0.2) is 17.8 Å². The minimum absolute atomic E-state index is 0.0652. The van der Waals surface area contributed by atoms with Gasteiger partial charge in [-0.1, -0.05) is 41.9 Å². The number of hydrogen-bond donors (Lipinski definition) is 1. The molecular formula is C20H18ClFN2O3S2. The number of sulfone groups is 1. The van der Waals surface area contributed by atoms with Crippen molar-refractivity contribution in [1.29, 1.82) is 0 Å². The molecule has 0 aliphatic rings. The van der Waals surface area contributed by atoms with Crippen LogP contribution in [0.1, 0.15) is 18.7 Å². The lowest BCUT2D eigenvalue weighted by molar-refractivity contribution is -0.117. The molecule has 2 aromatic carbocycles. The van der Waals surface area contributed by atoms with Gasteiger partial charge in [0.1, 0.15) is 15.5 Å². The van der Waals surface area contributed by atoms with Gasteiger partial charge in [0.2, 0.25) is 5.91 Å². The maximum absolute atomic E-state index is 14.2. The molecule has 0 atom stereocenters. The average Bonchev–Trinajstić information content (AvgIpc) is 3.02. The monoisotopic (exact) mass is 452 g/mol. The molecule has 0 unspecified atom stereocenters. The first-order valence-corrected chi connectivity index (χ1v) is 11.3. The largest absolute Gasteiger partial charge is 0.301 e. The molecule has 152 valence electrons. The minimum Gasteiger partial charge on any atom is -0.301 e. The second-order valence-corrected chi connectivity index (χ2v) is 10.9. The number of aromatic nitrogens is 1. The number of carbonyl (C=O) groups is 1. The summed E-state index contributed by atoms with van der Waals surface area (Å²) in [6.07, 6.45) is 0. The smallest absolute Gasteiger partial charge is 0.247 e. The number of carbonyl (C=O) groups excluding carboxylic acids is 1. The molecular weight excluding hydrogens is 435 g/mol. The molecule has 1 aromatic heterocycles. The number of thiazole rings is 1. The molecule has 0 saturated carbocycles. The number of amides is 1. The van der Waals surface area contributed by atoms with E-state index >= 15 is 0 Å². The summed E-state index contributed by atoms with van der Waals surface area (Å²) in [5.41, 5.74) is 1.59. The van der Waals surface area contributed by atoms with Crippen LogP contribution in [0, 0.1) is 12.7 Å². The molecule has 0 aliphatic carbocycles. The number of hydrogen-bond acceptors (Lipinski definition) is 5. The van der Waals surface area contributed by atoms with E-state index in [0.717, 1.165) is 22.6 Å². The molecule has 5 nitrogen and oxygen atoms in total. The highest BCUT2D eigenvalue weighted by Crippen LogP contribution is 2.33. The van der Waals surface area contributed by atoms with Crippen LogP contribution in [0.3, 0.4) is 0 Å². The molecule has 0 radical (unpaired) electrons. The zero-order chi connectivity index (χ0) is 21.4. The van der Waals surface area contributed by atoms with E-state index in [1.165, 1.54) is 31.3 Å². The van der Waals surface area contributed by atoms with Crippen LogP contribution in [-0.2, 0) is 14.6 Å². The van der Waals surface area contributed by atoms with Gasteiger partial charge in [-0.05, 0) is 39.0 Å². The van der Waals surface area contributed by atoms with Crippen LogP contribution in [0.15, 0.2) is 53.4 Å². The Balaban J connectivity index is 1.90. The quantitative estimate of drug-likeness (QED) is 0.584. The third-order valence-corrected chi connectivity index (χ3v) is 8.03. The third kappa shape index (κ3) is 4.05. The first-order valence-electron chi connectivity index (χ1n) is 8.58. The molecule has 3 rings (SSSR count). The molecule has 0 spiro atoms. The molecule has 0 aliphatic heterocycles.